The molecule has 1 aliphatic heterocycles. The topological polar surface area (TPSA) is 19.4 Å². The summed E-state index contributed by atoms with van der Waals surface area (Å²) in [6.07, 6.45) is 1.85. The summed E-state index contributed by atoms with van der Waals surface area (Å²) >= 11 is 5.86. The summed E-state index contributed by atoms with van der Waals surface area (Å²) in [7, 11) is 0. The zero-order valence-corrected chi connectivity index (χ0v) is 12.8. The molecule has 0 unspecified atom stereocenters. The minimum atomic E-state index is 0.474. The van der Waals surface area contributed by atoms with Crippen molar-refractivity contribution in [3.05, 3.63) is 59.9 Å². The summed E-state index contributed by atoms with van der Waals surface area (Å²) < 4.78 is 0. The zero-order valence-electron chi connectivity index (χ0n) is 12.1. The lowest BCUT2D eigenvalue weighted by Crippen LogP contribution is -2.46. The Bertz CT molecular complexity index is 565. The molecule has 3 rings (SSSR count). The van der Waals surface area contributed by atoms with Crippen LogP contribution in [0.15, 0.2) is 48.7 Å². The van der Waals surface area contributed by atoms with Crippen LogP contribution in [0.5, 0.6) is 0 Å². The third-order valence-corrected chi connectivity index (χ3v) is 4.20. The number of rotatable bonds is 4. The molecule has 0 atom stereocenters. The lowest BCUT2D eigenvalue weighted by atomic mass is 10.2. The molecular weight excluding hydrogens is 282 g/mol. The predicted molar refractivity (Wildman–Crippen MR) is 87.7 cm³/mol. The Hall–Kier alpha value is -1.58. The smallest absolute Gasteiger partial charge is 0.0648 e. The Morgan fingerprint density at radius 1 is 1.00 bits per heavy atom. The first-order chi connectivity index (χ1) is 10.3. The fraction of sp³-hybridized carbons (Fsp3) is 0.353. The summed E-state index contributed by atoms with van der Waals surface area (Å²) in [6.45, 7) is 5.33. The van der Waals surface area contributed by atoms with Crippen molar-refractivity contribution in [3.63, 3.8) is 0 Å². The van der Waals surface area contributed by atoms with Crippen molar-refractivity contribution in [1.29, 1.82) is 0 Å². The number of halogens is 1. The Labute approximate surface area is 131 Å². The highest BCUT2D eigenvalue weighted by atomic mass is 35.5. The number of benzene rings is 1. The molecular formula is C17H20ClN3. The maximum Gasteiger partial charge on any atom is 0.0648 e. The molecule has 2 aromatic rings. The van der Waals surface area contributed by atoms with Gasteiger partial charge in [-0.05, 0) is 17.7 Å². The van der Waals surface area contributed by atoms with Gasteiger partial charge in [0.05, 0.1) is 11.6 Å². The Morgan fingerprint density at radius 3 is 2.48 bits per heavy atom. The summed E-state index contributed by atoms with van der Waals surface area (Å²) in [5.74, 6) is 0.474. The lowest BCUT2D eigenvalue weighted by molar-refractivity contribution is 0.250. The van der Waals surface area contributed by atoms with Crippen molar-refractivity contribution in [2.24, 2.45) is 0 Å². The predicted octanol–water partition coefficient (Wildman–Crippen LogP) is 3.14. The van der Waals surface area contributed by atoms with Gasteiger partial charge in [-0.1, -0.05) is 30.3 Å². The van der Waals surface area contributed by atoms with Crippen molar-refractivity contribution < 1.29 is 0 Å². The normalized spacial score (nSPS) is 16.1. The fourth-order valence-electron chi connectivity index (χ4n) is 2.74. The van der Waals surface area contributed by atoms with E-state index in [1.165, 1.54) is 11.3 Å². The first-order valence-corrected chi connectivity index (χ1v) is 7.91. The standard InChI is InChI=1S/C17H20ClN3/c18-13-16-12-17(6-7-19-16)21-10-8-20(9-11-21)14-15-4-2-1-3-5-15/h1-7,12H,8-11,13-14H2. The minimum absolute atomic E-state index is 0.474. The van der Waals surface area contributed by atoms with E-state index in [0.29, 0.717) is 5.88 Å². The number of hydrogen-bond acceptors (Lipinski definition) is 3. The summed E-state index contributed by atoms with van der Waals surface area (Å²) in [5, 5.41) is 0. The second-order valence-electron chi connectivity index (χ2n) is 5.39. The molecule has 1 fully saturated rings. The maximum atomic E-state index is 5.86. The molecule has 0 aliphatic carbocycles. The highest BCUT2D eigenvalue weighted by Crippen LogP contribution is 2.18. The average molecular weight is 302 g/mol. The van der Waals surface area contributed by atoms with Crippen LogP contribution in [0.4, 0.5) is 5.69 Å². The van der Waals surface area contributed by atoms with E-state index in [4.69, 9.17) is 11.6 Å². The first kappa shape index (κ1) is 14.4. The molecule has 1 aromatic heterocycles. The third-order valence-electron chi connectivity index (χ3n) is 3.92. The van der Waals surface area contributed by atoms with E-state index in [1.54, 1.807) is 0 Å². The molecule has 4 heteroatoms. The molecule has 0 bridgehead atoms. The number of piperazine rings is 1. The van der Waals surface area contributed by atoms with E-state index in [1.807, 2.05) is 6.20 Å². The monoisotopic (exact) mass is 301 g/mol. The van der Waals surface area contributed by atoms with Crippen molar-refractivity contribution in [1.82, 2.24) is 9.88 Å². The van der Waals surface area contributed by atoms with Crippen LogP contribution in [0.25, 0.3) is 0 Å². The van der Waals surface area contributed by atoms with E-state index >= 15 is 0 Å². The molecule has 0 saturated carbocycles. The summed E-state index contributed by atoms with van der Waals surface area (Å²) in [6, 6.07) is 14.8. The molecule has 0 N–H and O–H groups in total. The number of aromatic nitrogens is 1. The van der Waals surface area contributed by atoms with Crippen molar-refractivity contribution in [2.75, 3.05) is 31.1 Å². The molecule has 2 heterocycles. The lowest BCUT2D eigenvalue weighted by Gasteiger charge is -2.36. The quantitative estimate of drug-likeness (QED) is 0.809. The van der Waals surface area contributed by atoms with Gasteiger partial charge in [0, 0.05) is 44.6 Å². The van der Waals surface area contributed by atoms with Gasteiger partial charge in [0.1, 0.15) is 0 Å². The van der Waals surface area contributed by atoms with E-state index in [-0.39, 0.29) is 0 Å². The van der Waals surface area contributed by atoms with Gasteiger partial charge >= 0.3 is 0 Å². The molecule has 0 spiro atoms. The van der Waals surface area contributed by atoms with Crippen LogP contribution in [0.2, 0.25) is 0 Å². The maximum absolute atomic E-state index is 5.86. The van der Waals surface area contributed by atoms with Crippen molar-refractivity contribution >= 4 is 17.3 Å². The molecule has 1 aliphatic rings. The van der Waals surface area contributed by atoms with E-state index < -0.39 is 0 Å². The van der Waals surface area contributed by atoms with Crippen molar-refractivity contribution in [3.8, 4) is 0 Å². The first-order valence-electron chi connectivity index (χ1n) is 7.37. The molecule has 110 valence electrons. The van der Waals surface area contributed by atoms with Gasteiger partial charge in [0.2, 0.25) is 0 Å². The molecule has 3 nitrogen and oxygen atoms in total. The van der Waals surface area contributed by atoms with Gasteiger partial charge in [-0.3, -0.25) is 9.88 Å². The van der Waals surface area contributed by atoms with E-state index in [2.05, 4.69) is 57.2 Å². The van der Waals surface area contributed by atoms with Gasteiger partial charge in [0.15, 0.2) is 0 Å². The molecule has 1 saturated heterocycles. The Kier molecular flexibility index (Phi) is 4.73. The minimum Gasteiger partial charge on any atom is -0.369 e. The Balaban J connectivity index is 1.57. The van der Waals surface area contributed by atoms with Crippen LogP contribution in [0, 0.1) is 0 Å². The zero-order chi connectivity index (χ0) is 14.5. The molecule has 1 aromatic carbocycles. The van der Waals surface area contributed by atoms with Crippen LogP contribution < -0.4 is 4.90 Å². The van der Waals surface area contributed by atoms with Gasteiger partial charge < -0.3 is 4.90 Å². The van der Waals surface area contributed by atoms with Crippen LogP contribution in [-0.2, 0) is 12.4 Å². The second kappa shape index (κ2) is 6.92. The average Bonchev–Trinajstić information content (AvgIpc) is 2.56. The third kappa shape index (κ3) is 3.74. The van der Waals surface area contributed by atoms with Crippen LogP contribution in [0.1, 0.15) is 11.3 Å². The summed E-state index contributed by atoms with van der Waals surface area (Å²) in [4.78, 5) is 9.18. The van der Waals surface area contributed by atoms with E-state index in [9.17, 15) is 0 Å². The SMILES string of the molecule is ClCc1cc(N2CCN(Cc3ccccc3)CC2)ccn1. The number of hydrogen-bond donors (Lipinski definition) is 0. The summed E-state index contributed by atoms with van der Waals surface area (Å²) in [5.41, 5.74) is 3.57. The Morgan fingerprint density at radius 2 is 1.76 bits per heavy atom. The molecule has 0 radical (unpaired) electrons. The molecule has 21 heavy (non-hydrogen) atoms. The number of nitrogens with zero attached hydrogens (tertiary/aromatic N) is 3. The van der Waals surface area contributed by atoms with Crippen LogP contribution >= 0.6 is 11.6 Å². The fourth-order valence-corrected chi connectivity index (χ4v) is 2.89. The highest BCUT2D eigenvalue weighted by Gasteiger charge is 2.17. The number of alkyl halides is 1. The van der Waals surface area contributed by atoms with Crippen LogP contribution in [0.3, 0.4) is 0 Å². The second-order valence-corrected chi connectivity index (χ2v) is 5.66. The van der Waals surface area contributed by atoms with Gasteiger partial charge in [-0.15, -0.1) is 11.6 Å². The number of pyridine rings is 1. The molecule has 0 amide bonds. The largest absolute Gasteiger partial charge is 0.369 e. The highest BCUT2D eigenvalue weighted by molar-refractivity contribution is 6.16. The van der Waals surface area contributed by atoms with E-state index in [0.717, 1.165) is 38.4 Å². The van der Waals surface area contributed by atoms with Gasteiger partial charge in [0.25, 0.3) is 0 Å². The van der Waals surface area contributed by atoms with Crippen LogP contribution in [-0.4, -0.2) is 36.1 Å². The number of anilines is 1. The van der Waals surface area contributed by atoms with Crippen molar-refractivity contribution in [2.45, 2.75) is 12.4 Å². The van der Waals surface area contributed by atoms with Gasteiger partial charge in [-0.2, -0.15) is 0 Å². The van der Waals surface area contributed by atoms with Gasteiger partial charge in [-0.25, -0.2) is 0 Å².